The first-order valence-electron chi connectivity index (χ1n) is 6.70. The maximum absolute atomic E-state index is 11.1. The molecule has 0 heterocycles. The monoisotopic (exact) mass is 395 g/mol. The van der Waals surface area contributed by atoms with Crippen molar-refractivity contribution in [3.63, 3.8) is 0 Å². The molecule has 25 heavy (non-hydrogen) atoms. The number of anilines is 1. The third kappa shape index (κ3) is 12.8. The minimum absolute atomic E-state index is 0.216. The molecule has 1 N–H and O–H groups in total. The molecule has 6 nitrogen and oxygen atoms in total. The van der Waals surface area contributed by atoms with Gasteiger partial charge in [0.25, 0.3) is 0 Å². The molecule has 144 valence electrons. The number of hydrogen-bond acceptors (Lipinski definition) is 4. The van der Waals surface area contributed by atoms with Crippen molar-refractivity contribution in [2.45, 2.75) is 20.8 Å². The summed E-state index contributed by atoms with van der Waals surface area (Å²) in [4.78, 5) is 14.2. The van der Waals surface area contributed by atoms with Crippen LogP contribution < -0.4 is 14.8 Å². The molecule has 1 aromatic rings. The first-order valence-corrected chi connectivity index (χ1v) is 8.72. The van der Waals surface area contributed by atoms with Crippen molar-refractivity contribution >= 4 is 25.1 Å². The molecular weight excluding hydrogens is 379 g/mol. The van der Waals surface area contributed by atoms with Crippen LogP contribution in [0.25, 0.3) is 4.98 Å². The van der Waals surface area contributed by atoms with Crippen molar-refractivity contribution in [1.29, 1.82) is 5.39 Å². The van der Waals surface area contributed by atoms with Gasteiger partial charge in [-0.3, -0.25) is 4.79 Å². The van der Waals surface area contributed by atoms with Gasteiger partial charge in [-0.1, -0.05) is 0 Å². The van der Waals surface area contributed by atoms with E-state index in [1.165, 1.54) is 13.0 Å². The quantitative estimate of drug-likeness (QED) is 0.360. The molecule has 0 aromatic heterocycles. The number of halogens is 6. The minimum atomic E-state index is -10.7. The van der Waals surface area contributed by atoms with Gasteiger partial charge in [-0.15, -0.1) is 0 Å². The van der Waals surface area contributed by atoms with Gasteiger partial charge in [-0.05, 0) is 13.8 Å². The third-order valence-electron chi connectivity index (χ3n) is 2.08. The van der Waals surface area contributed by atoms with E-state index in [2.05, 4.69) is 10.3 Å². The molecule has 0 saturated carbocycles. The fourth-order valence-electron chi connectivity index (χ4n) is 1.46. The first kappa shape index (κ1) is 22.7. The average molecular weight is 395 g/mol. The van der Waals surface area contributed by atoms with Crippen molar-refractivity contribution in [1.82, 2.24) is 0 Å². The molecule has 0 unspecified atom stereocenters. The fourth-order valence-corrected chi connectivity index (χ4v) is 1.46. The van der Waals surface area contributed by atoms with E-state index in [9.17, 15) is 30.0 Å². The standard InChI is InChI=1S/C12H15N3O3.F6P/c1-4-17-11-7-10(15-13)12(18-5-2)6-9(11)14-8(3)16;1-7(2,3,4,5)6/h6-7H,4-5H2,1-3H3;/q;-1/p+1. The van der Waals surface area contributed by atoms with Crippen molar-refractivity contribution in [2.75, 3.05) is 18.5 Å². The van der Waals surface area contributed by atoms with Gasteiger partial charge in [0.1, 0.15) is 0 Å². The van der Waals surface area contributed by atoms with Crippen LogP contribution in [0.2, 0.25) is 0 Å². The Labute approximate surface area is 139 Å². The zero-order valence-corrected chi connectivity index (χ0v) is 14.3. The second kappa shape index (κ2) is 7.31. The number of carbonyl (C=O) groups is 1. The number of rotatable bonds is 5. The molecule has 1 amide bonds. The SMILES string of the molecule is CCOc1cc(NC(C)=O)c(OCC)cc1[N+]#N.F[P-](F)(F)(F)(F)F. The summed E-state index contributed by atoms with van der Waals surface area (Å²) >= 11 is 0. The molecule has 13 heteroatoms. The van der Waals surface area contributed by atoms with Crippen LogP contribution in [-0.4, -0.2) is 19.1 Å². The molecule has 0 aliphatic heterocycles. The Kier molecular flexibility index (Phi) is 6.64. The third-order valence-corrected chi connectivity index (χ3v) is 2.08. The summed E-state index contributed by atoms with van der Waals surface area (Å²) in [5.74, 6) is 0.600. The summed E-state index contributed by atoms with van der Waals surface area (Å²) in [5, 5.41) is 11.6. The van der Waals surface area contributed by atoms with Crippen LogP contribution in [0.5, 0.6) is 11.5 Å². The summed E-state index contributed by atoms with van der Waals surface area (Å²) in [6, 6.07) is 3.09. The summed E-state index contributed by atoms with van der Waals surface area (Å²) in [6.07, 6.45) is 0. The molecule has 0 saturated heterocycles. The predicted octanol–water partition coefficient (Wildman–Crippen LogP) is 6.31. The van der Waals surface area contributed by atoms with Gasteiger partial charge in [0.15, 0.2) is 10.7 Å². The number of ether oxygens (including phenoxy) is 2. The Balaban J connectivity index is 0.000000697. The zero-order chi connectivity index (χ0) is 20.0. The van der Waals surface area contributed by atoms with Crippen LogP contribution in [-0.2, 0) is 4.79 Å². The molecule has 0 aliphatic carbocycles. The number of carbonyl (C=O) groups excluding carboxylic acids is 1. The maximum atomic E-state index is 11.1. The molecule has 0 fully saturated rings. The van der Waals surface area contributed by atoms with Gasteiger partial charge in [0, 0.05) is 13.0 Å². The van der Waals surface area contributed by atoms with Crippen molar-refractivity contribution < 1.29 is 39.4 Å². The normalized spacial score (nSPS) is 13.3. The zero-order valence-electron chi connectivity index (χ0n) is 13.4. The summed E-state index contributed by atoms with van der Waals surface area (Å²) in [6.45, 7) is 5.90. The Morgan fingerprint density at radius 3 is 1.88 bits per heavy atom. The molecule has 0 atom stereocenters. The van der Waals surface area contributed by atoms with Gasteiger partial charge in [-0.2, -0.15) is 0 Å². The van der Waals surface area contributed by atoms with Crippen LogP contribution in [0.3, 0.4) is 0 Å². The van der Waals surface area contributed by atoms with E-state index >= 15 is 0 Å². The summed E-state index contributed by atoms with van der Waals surface area (Å²) in [7, 11) is -10.7. The van der Waals surface area contributed by atoms with E-state index < -0.39 is 7.81 Å². The van der Waals surface area contributed by atoms with Gasteiger partial charge in [-0.25, -0.2) is 0 Å². The molecule has 0 aliphatic rings. The number of diazo groups is 1. The van der Waals surface area contributed by atoms with E-state index in [-0.39, 0.29) is 11.6 Å². The molecule has 0 bridgehead atoms. The fraction of sp³-hybridized carbons (Fsp3) is 0.417. The van der Waals surface area contributed by atoms with Crippen molar-refractivity contribution in [3.8, 4) is 11.5 Å². The number of benzene rings is 1. The molecule has 1 rings (SSSR count). The van der Waals surface area contributed by atoms with E-state index in [4.69, 9.17) is 14.9 Å². The van der Waals surface area contributed by atoms with Crippen LogP contribution in [0.15, 0.2) is 12.1 Å². The van der Waals surface area contributed by atoms with Crippen LogP contribution in [0.1, 0.15) is 20.8 Å². The predicted molar refractivity (Wildman–Crippen MR) is 81.4 cm³/mol. The number of amides is 1. The Bertz CT molecular complexity index is 661. The summed E-state index contributed by atoms with van der Waals surface area (Å²) < 4.78 is 69.9. The average Bonchev–Trinajstić information content (AvgIpc) is 2.37. The van der Waals surface area contributed by atoms with Gasteiger partial charge in [0.2, 0.25) is 17.0 Å². The second-order valence-electron chi connectivity index (χ2n) is 4.42. The summed E-state index contributed by atoms with van der Waals surface area (Å²) in [5.41, 5.74) is 0.745. The molecule has 1 aromatic carbocycles. The first-order chi connectivity index (χ1) is 11.1. The van der Waals surface area contributed by atoms with Gasteiger partial charge >= 0.3 is 38.7 Å². The van der Waals surface area contributed by atoms with Crippen LogP contribution in [0.4, 0.5) is 36.6 Å². The number of hydrogen-bond donors (Lipinski definition) is 1. The van der Waals surface area contributed by atoms with Crippen LogP contribution in [0, 0.1) is 5.39 Å². The van der Waals surface area contributed by atoms with Crippen molar-refractivity contribution in [3.05, 3.63) is 17.1 Å². The van der Waals surface area contributed by atoms with Gasteiger partial charge < -0.3 is 14.8 Å². The Hall–Kier alpha value is -2.28. The Morgan fingerprint density at radius 2 is 1.52 bits per heavy atom. The van der Waals surface area contributed by atoms with E-state index in [0.29, 0.717) is 30.4 Å². The van der Waals surface area contributed by atoms with Crippen molar-refractivity contribution in [2.24, 2.45) is 0 Å². The van der Waals surface area contributed by atoms with E-state index in [0.717, 1.165) is 0 Å². The molecule has 0 spiro atoms. The molecule has 0 radical (unpaired) electrons. The van der Waals surface area contributed by atoms with E-state index in [1.807, 2.05) is 13.8 Å². The molecular formula is C12H16F6N3O3P. The Morgan fingerprint density at radius 1 is 1.08 bits per heavy atom. The van der Waals surface area contributed by atoms with Gasteiger partial charge in [0.05, 0.1) is 25.0 Å². The number of nitrogens with one attached hydrogen (secondary N) is 1. The second-order valence-corrected chi connectivity index (χ2v) is 6.34. The van der Waals surface area contributed by atoms with Crippen LogP contribution >= 0.6 is 7.81 Å². The number of nitrogens with zero attached hydrogens (tertiary/aromatic N) is 2. The topological polar surface area (TPSA) is 75.7 Å². The van der Waals surface area contributed by atoms with E-state index in [1.54, 1.807) is 6.07 Å².